The molecule has 0 bridgehead atoms. The van der Waals surface area contributed by atoms with Crippen molar-refractivity contribution in [2.45, 2.75) is 18.8 Å². The number of amides is 1. The van der Waals surface area contributed by atoms with E-state index in [2.05, 4.69) is 20.9 Å². The Morgan fingerprint density at radius 3 is 2.85 bits per heavy atom. The molecular formula is C10H11BrF3N3O3. The Bertz CT molecular complexity index is 506. The molecule has 1 amide bonds. The molecule has 1 saturated heterocycles. The van der Waals surface area contributed by atoms with Gasteiger partial charge in [0.25, 0.3) is 0 Å². The molecular weight excluding hydrogens is 347 g/mol. The van der Waals surface area contributed by atoms with Crippen molar-refractivity contribution in [2.24, 2.45) is 0 Å². The molecule has 1 aliphatic heterocycles. The number of morpholine rings is 1. The van der Waals surface area contributed by atoms with Gasteiger partial charge < -0.3 is 19.3 Å². The smallest absolute Gasteiger partial charge is 0.434 e. The fourth-order valence-electron chi connectivity index (χ4n) is 1.88. The number of hydrogen-bond acceptors (Lipinski definition) is 3. The number of imidazole rings is 1. The fourth-order valence-corrected chi connectivity index (χ4v) is 2.32. The maximum Gasteiger partial charge on any atom is 0.434 e. The number of rotatable bonds is 2. The summed E-state index contributed by atoms with van der Waals surface area (Å²) in [6.45, 7) is 0.675. The number of alkyl halides is 3. The summed E-state index contributed by atoms with van der Waals surface area (Å²) in [4.78, 5) is 15.4. The molecule has 0 aromatic carbocycles. The number of ether oxygens (including phenoxy) is 1. The third kappa shape index (κ3) is 3.42. The summed E-state index contributed by atoms with van der Waals surface area (Å²) in [5, 5.41) is 8.88. The van der Waals surface area contributed by atoms with E-state index >= 15 is 0 Å². The van der Waals surface area contributed by atoms with Crippen LogP contribution >= 0.6 is 15.9 Å². The summed E-state index contributed by atoms with van der Waals surface area (Å²) >= 11 is 2.95. The summed E-state index contributed by atoms with van der Waals surface area (Å²) in [5.41, 5.74) is -1.00. The van der Waals surface area contributed by atoms with E-state index in [9.17, 15) is 18.0 Å². The Hall–Kier alpha value is -1.29. The minimum atomic E-state index is -4.52. The monoisotopic (exact) mass is 357 g/mol. The predicted molar refractivity (Wildman–Crippen MR) is 64.3 cm³/mol. The molecule has 1 atom stereocenters. The van der Waals surface area contributed by atoms with Crippen LogP contribution in [0.25, 0.3) is 0 Å². The maximum absolute atomic E-state index is 12.5. The normalized spacial score (nSPS) is 20.2. The molecule has 1 fully saturated rings. The van der Waals surface area contributed by atoms with E-state index in [0.717, 1.165) is 6.20 Å². The number of carbonyl (C=O) groups is 1. The lowest BCUT2D eigenvalue weighted by atomic mass is 10.3. The molecule has 1 aliphatic rings. The lowest BCUT2D eigenvalue weighted by Crippen LogP contribution is -2.46. The second kappa shape index (κ2) is 5.60. The summed E-state index contributed by atoms with van der Waals surface area (Å²) in [6.07, 6.45) is -5.23. The Labute approximate surface area is 120 Å². The predicted octanol–water partition coefficient (Wildman–Crippen LogP) is 2.04. The van der Waals surface area contributed by atoms with Crippen LogP contribution in [0.5, 0.6) is 0 Å². The third-order valence-corrected chi connectivity index (χ3v) is 3.46. The van der Waals surface area contributed by atoms with Crippen molar-refractivity contribution in [3.8, 4) is 0 Å². The van der Waals surface area contributed by atoms with Gasteiger partial charge in [0.15, 0.2) is 10.4 Å². The molecule has 0 aliphatic carbocycles. The number of halogens is 4. The second-order valence-electron chi connectivity index (χ2n) is 4.27. The van der Waals surface area contributed by atoms with Crippen molar-refractivity contribution in [3.05, 3.63) is 16.6 Å². The zero-order valence-corrected chi connectivity index (χ0v) is 11.7. The van der Waals surface area contributed by atoms with Gasteiger partial charge >= 0.3 is 12.3 Å². The molecule has 20 heavy (non-hydrogen) atoms. The summed E-state index contributed by atoms with van der Waals surface area (Å²) < 4.78 is 44.2. The first-order valence-corrected chi connectivity index (χ1v) is 6.46. The Kier molecular flexibility index (Phi) is 4.23. The lowest BCUT2D eigenvalue weighted by Gasteiger charge is -2.31. The van der Waals surface area contributed by atoms with E-state index in [4.69, 9.17) is 9.84 Å². The standard InChI is InChI=1S/C10H11BrF3N3O3/c11-8-15-7(10(12,13)14)5-17(8)4-6-3-16(9(18)19)1-2-20-6/h5-6H,1-4H2,(H,18,19)/t6-/m0/s1. The number of carboxylic acid groups (broad SMARTS) is 1. The number of aromatic nitrogens is 2. The van der Waals surface area contributed by atoms with Crippen LogP contribution in [-0.2, 0) is 17.5 Å². The zero-order valence-electron chi connectivity index (χ0n) is 10.1. The van der Waals surface area contributed by atoms with E-state index < -0.39 is 24.1 Å². The molecule has 2 rings (SSSR count). The van der Waals surface area contributed by atoms with Crippen LogP contribution in [0.4, 0.5) is 18.0 Å². The van der Waals surface area contributed by atoms with Gasteiger partial charge in [0.2, 0.25) is 0 Å². The highest BCUT2D eigenvalue weighted by Crippen LogP contribution is 2.29. The molecule has 112 valence electrons. The highest BCUT2D eigenvalue weighted by atomic mass is 79.9. The van der Waals surface area contributed by atoms with Gasteiger partial charge in [-0.15, -0.1) is 0 Å². The van der Waals surface area contributed by atoms with E-state index in [-0.39, 0.29) is 31.0 Å². The van der Waals surface area contributed by atoms with Gasteiger partial charge in [-0.1, -0.05) is 0 Å². The van der Waals surface area contributed by atoms with Crippen LogP contribution in [-0.4, -0.2) is 51.5 Å². The van der Waals surface area contributed by atoms with Gasteiger partial charge in [0.1, 0.15) is 0 Å². The minimum absolute atomic E-state index is 0.0286. The van der Waals surface area contributed by atoms with Crippen molar-refractivity contribution < 1.29 is 27.8 Å². The average molecular weight is 358 g/mol. The zero-order chi connectivity index (χ0) is 14.9. The largest absolute Gasteiger partial charge is 0.465 e. The van der Waals surface area contributed by atoms with Crippen molar-refractivity contribution in [1.29, 1.82) is 0 Å². The van der Waals surface area contributed by atoms with E-state index in [1.54, 1.807) is 0 Å². The SMILES string of the molecule is O=C(O)N1CCO[C@H](Cn2cc(C(F)(F)F)nc2Br)C1. The molecule has 6 nitrogen and oxygen atoms in total. The highest BCUT2D eigenvalue weighted by molar-refractivity contribution is 9.10. The summed E-state index contributed by atoms with van der Waals surface area (Å²) in [5.74, 6) is 0. The van der Waals surface area contributed by atoms with Crippen molar-refractivity contribution in [2.75, 3.05) is 19.7 Å². The first-order valence-electron chi connectivity index (χ1n) is 5.66. The Morgan fingerprint density at radius 1 is 1.60 bits per heavy atom. The van der Waals surface area contributed by atoms with Gasteiger partial charge in [-0.05, 0) is 15.9 Å². The molecule has 0 unspecified atom stereocenters. The van der Waals surface area contributed by atoms with Gasteiger partial charge in [0, 0.05) is 12.7 Å². The van der Waals surface area contributed by atoms with Crippen LogP contribution in [0, 0.1) is 0 Å². The molecule has 10 heteroatoms. The van der Waals surface area contributed by atoms with E-state index in [1.165, 1.54) is 9.47 Å². The van der Waals surface area contributed by atoms with Crippen LogP contribution in [0.2, 0.25) is 0 Å². The molecule has 1 aromatic heterocycles. The molecule has 1 N–H and O–H groups in total. The van der Waals surface area contributed by atoms with Crippen molar-refractivity contribution >= 4 is 22.0 Å². The van der Waals surface area contributed by atoms with Gasteiger partial charge in [-0.2, -0.15) is 13.2 Å². The van der Waals surface area contributed by atoms with Gasteiger partial charge in [-0.25, -0.2) is 9.78 Å². The quantitative estimate of drug-likeness (QED) is 0.879. The highest BCUT2D eigenvalue weighted by Gasteiger charge is 2.35. The van der Waals surface area contributed by atoms with Crippen molar-refractivity contribution in [3.63, 3.8) is 0 Å². The molecule has 0 spiro atoms. The average Bonchev–Trinajstić information content (AvgIpc) is 2.71. The van der Waals surface area contributed by atoms with Gasteiger partial charge in [0.05, 0.1) is 25.8 Å². The molecule has 0 radical (unpaired) electrons. The molecule has 2 heterocycles. The first kappa shape index (κ1) is 15.1. The maximum atomic E-state index is 12.5. The van der Waals surface area contributed by atoms with Gasteiger partial charge in [-0.3, -0.25) is 0 Å². The lowest BCUT2D eigenvalue weighted by molar-refractivity contribution is -0.141. The Morgan fingerprint density at radius 2 is 2.30 bits per heavy atom. The van der Waals surface area contributed by atoms with Crippen molar-refractivity contribution in [1.82, 2.24) is 14.5 Å². The fraction of sp³-hybridized carbons (Fsp3) is 0.600. The van der Waals surface area contributed by atoms with Crippen LogP contribution in [0.3, 0.4) is 0 Å². The second-order valence-corrected chi connectivity index (χ2v) is 4.98. The summed E-state index contributed by atoms with van der Waals surface area (Å²) in [7, 11) is 0. The van der Waals surface area contributed by atoms with E-state index in [1.807, 2.05) is 0 Å². The Balaban J connectivity index is 2.06. The topological polar surface area (TPSA) is 67.6 Å². The minimum Gasteiger partial charge on any atom is -0.465 e. The molecule has 1 aromatic rings. The third-order valence-electron chi connectivity index (χ3n) is 2.83. The number of nitrogens with zero attached hydrogens (tertiary/aromatic N) is 3. The molecule has 0 saturated carbocycles. The van der Waals surface area contributed by atoms with Crippen LogP contribution in [0.1, 0.15) is 5.69 Å². The number of hydrogen-bond donors (Lipinski definition) is 1. The van der Waals surface area contributed by atoms with Crippen LogP contribution < -0.4 is 0 Å². The summed E-state index contributed by atoms with van der Waals surface area (Å²) in [6, 6.07) is 0. The first-order chi connectivity index (χ1) is 9.27. The van der Waals surface area contributed by atoms with Crippen LogP contribution in [0.15, 0.2) is 10.9 Å². The van der Waals surface area contributed by atoms with E-state index in [0.29, 0.717) is 0 Å².